The van der Waals surface area contributed by atoms with E-state index < -0.39 is 0 Å². The molecular weight excluding hydrogens is 257 g/mol. The minimum absolute atomic E-state index is 0.0963. The van der Waals surface area contributed by atoms with E-state index in [0.717, 1.165) is 31.2 Å². The molecule has 0 aliphatic heterocycles. The zero-order chi connectivity index (χ0) is 13.5. The van der Waals surface area contributed by atoms with Gasteiger partial charge in [0.15, 0.2) is 0 Å². The minimum Gasteiger partial charge on any atom is -0.317 e. The Morgan fingerprint density at radius 2 is 2.05 bits per heavy atom. The van der Waals surface area contributed by atoms with Crippen LogP contribution in [0.3, 0.4) is 0 Å². The number of hydrogen-bond acceptors (Lipinski definition) is 2. The summed E-state index contributed by atoms with van der Waals surface area (Å²) < 4.78 is 13.6. The molecule has 1 N–H and O–H groups in total. The number of aryl methyl sites for hydroxylation is 1. The van der Waals surface area contributed by atoms with Crippen LogP contribution < -0.4 is 5.32 Å². The standard InChI is InChI=1S/C16H20FNS/c1-18-14(7-4-8-15-9-5-11-19-15)12-13-6-2-3-10-16(13)17/h2-3,5-6,9-11,14,18H,4,7-8,12H2,1H3. The molecule has 2 aromatic rings. The normalized spacial score (nSPS) is 12.5. The van der Waals surface area contributed by atoms with Crippen LogP contribution in [0.2, 0.25) is 0 Å². The number of likely N-dealkylation sites (N-methyl/N-ethyl adjacent to an activating group) is 1. The molecular formula is C16H20FNS. The van der Waals surface area contributed by atoms with Gasteiger partial charge in [0.1, 0.15) is 5.82 Å². The first-order chi connectivity index (χ1) is 9.29. The quantitative estimate of drug-likeness (QED) is 0.805. The molecule has 19 heavy (non-hydrogen) atoms. The third-order valence-corrected chi connectivity index (χ3v) is 4.32. The number of hydrogen-bond donors (Lipinski definition) is 1. The predicted molar refractivity (Wildman–Crippen MR) is 80.2 cm³/mol. The highest BCUT2D eigenvalue weighted by atomic mass is 32.1. The lowest BCUT2D eigenvalue weighted by molar-refractivity contribution is 0.490. The van der Waals surface area contributed by atoms with Gasteiger partial charge in [-0.2, -0.15) is 0 Å². The highest BCUT2D eigenvalue weighted by Crippen LogP contribution is 2.15. The molecule has 0 saturated carbocycles. The van der Waals surface area contributed by atoms with E-state index in [9.17, 15) is 4.39 Å². The third-order valence-electron chi connectivity index (χ3n) is 3.39. The molecule has 1 aromatic heterocycles. The van der Waals surface area contributed by atoms with Crippen LogP contribution in [0.5, 0.6) is 0 Å². The first-order valence-electron chi connectivity index (χ1n) is 6.72. The summed E-state index contributed by atoms with van der Waals surface area (Å²) in [6.07, 6.45) is 4.09. The fraction of sp³-hybridized carbons (Fsp3) is 0.375. The molecule has 0 bridgehead atoms. The molecule has 1 aromatic carbocycles. The summed E-state index contributed by atoms with van der Waals surface area (Å²) in [4.78, 5) is 1.43. The van der Waals surface area contributed by atoms with E-state index in [1.54, 1.807) is 6.07 Å². The summed E-state index contributed by atoms with van der Waals surface area (Å²) in [5, 5.41) is 5.41. The maximum absolute atomic E-state index is 13.6. The average Bonchev–Trinajstić information content (AvgIpc) is 2.93. The van der Waals surface area contributed by atoms with Crippen molar-refractivity contribution in [1.29, 1.82) is 0 Å². The Labute approximate surface area is 118 Å². The van der Waals surface area contributed by atoms with Crippen molar-refractivity contribution in [2.45, 2.75) is 31.7 Å². The van der Waals surface area contributed by atoms with Gasteiger partial charge in [-0.15, -0.1) is 11.3 Å². The summed E-state index contributed by atoms with van der Waals surface area (Å²) in [7, 11) is 1.96. The number of nitrogens with one attached hydrogen (secondary N) is 1. The van der Waals surface area contributed by atoms with Crippen LogP contribution in [-0.4, -0.2) is 13.1 Å². The fourth-order valence-corrected chi connectivity index (χ4v) is 3.01. The van der Waals surface area contributed by atoms with Crippen LogP contribution in [0.4, 0.5) is 4.39 Å². The van der Waals surface area contributed by atoms with Crippen LogP contribution in [0.25, 0.3) is 0 Å². The third kappa shape index (κ3) is 4.44. The van der Waals surface area contributed by atoms with Crippen LogP contribution in [0.15, 0.2) is 41.8 Å². The summed E-state index contributed by atoms with van der Waals surface area (Å²) in [5.74, 6) is -0.0963. The van der Waals surface area contributed by atoms with Crippen molar-refractivity contribution in [2.24, 2.45) is 0 Å². The zero-order valence-electron chi connectivity index (χ0n) is 11.2. The van der Waals surface area contributed by atoms with Crippen LogP contribution in [0, 0.1) is 5.82 Å². The Kier molecular flexibility index (Phi) is 5.55. The molecule has 0 radical (unpaired) electrons. The second kappa shape index (κ2) is 7.41. The molecule has 0 spiro atoms. The smallest absolute Gasteiger partial charge is 0.126 e. The van der Waals surface area contributed by atoms with Gasteiger partial charge in [-0.1, -0.05) is 24.3 Å². The Bertz CT molecular complexity index is 481. The molecule has 0 aliphatic carbocycles. The van der Waals surface area contributed by atoms with Gasteiger partial charge in [0.2, 0.25) is 0 Å². The van der Waals surface area contributed by atoms with Crippen molar-refractivity contribution < 1.29 is 4.39 Å². The van der Waals surface area contributed by atoms with E-state index >= 15 is 0 Å². The van der Waals surface area contributed by atoms with Gasteiger partial charge in [-0.05, 0) is 55.8 Å². The Balaban J connectivity index is 1.82. The molecule has 1 nitrogen and oxygen atoms in total. The molecule has 2 rings (SSSR count). The molecule has 1 heterocycles. The molecule has 0 saturated heterocycles. The maximum Gasteiger partial charge on any atom is 0.126 e. The Morgan fingerprint density at radius 3 is 2.74 bits per heavy atom. The monoisotopic (exact) mass is 277 g/mol. The lowest BCUT2D eigenvalue weighted by Crippen LogP contribution is -2.28. The van der Waals surface area contributed by atoms with Gasteiger partial charge in [-0.25, -0.2) is 4.39 Å². The summed E-state index contributed by atoms with van der Waals surface area (Å²) in [6, 6.07) is 11.7. The molecule has 0 aliphatic rings. The summed E-state index contributed by atoms with van der Waals surface area (Å²) in [5.41, 5.74) is 0.804. The van der Waals surface area contributed by atoms with E-state index in [1.165, 1.54) is 10.9 Å². The van der Waals surface area contributed by atoms with Crippen molar-refractivity contribution in [3.05, 3.63) is 58.0 Å². The number of benzene rings is 1. The summed E-state index contributed by atoms with van der Waals surface area (Å²) >= 11 is 1.81. The van der Waals surface area contributed by atoms with Gasteiger partial charge in [0.05, 0.1) is 0 Å². The van der Waals surface area contributed by atoms with Crippen molar-refractivity contribution in [3.8, 4) is 0 Å². The molecule has 3 heteroatoms. The topological polar surface area (TPSA) is 12.0 Å². The van der Waals surface area contributed by atoms with Gasteiger partial charge in [0.25, 0.3) is 0 Å². The van der Waals surface area contributed by atoms with Crippen molar-refractivity contribution in [3.63, 3.8) is 0 Å². The second-order valence-electron chi connectivity index (χ2n) is 4.75. The van der Waals surface area contributed by atoms with E-state index in [-0.39, 0.29) is 5.82 Å². The van der Waals surface area contributed by atoms with Gasteiger partial charge >= 0.3 is 0 Å². The average molecular weight is 277 g/mol. The first kappa shape index (κ1) is 14.2. The first-order valence-corrected chi connectivity index (χ1v) is 7.60. The number of halogens is 1. The lowest BCUT2D eigenvalue weighted by atomic mass is 10.0. The van der Waals surface area contributed by atoms with Gasteiger partial charge in [0, 0.05) is 10.9 Å². The van der Waals surface area contributed by atoms with E-state index in [2.05, 4.69) is 22.8 Å². The van der Waals surface area contributed by atoms with E-state index in [1.807, 2.05) is 30.5 Å². The van der Waals surface area contributed by atoms with Crippen molar-refractivity contribution >= 4 is 11.3 Å². The predicted octanol–water partition coefficient (Wildman–Crippen LogP) is 4.04. The second-order valence-corrected chi connectivity index (χ2v) is 5.78. The van der Waals surface area contributed by atoms with E-state index in [4.69, 9.17) is 0 Å². The Morgan fingerprint density at radius 1 is 1.21 bits per heavy atom. The molecule has 1 unspecified atom stereocenters. The fourth-order valence-electron chi connectivity index (χ4n) is 2.26. The molecule has 1 atom stereocenters. The number of rotatable bonds is 7. The number of thiophene rings is 1. The maximum atomic E-state index is 13.6. The summed E-state index contributed by atoms with van der Waals surface area (Å²) in [6.45, 7) is 0. The highest BCUT2D eigenvalue weighted by Gasteiger charge is 2.10. The molecule has 102 valence electrons. The molecule has 0 amide bonds. The lowest BCUT2D eigenvalue weighted by Gasteiger charge is -2.16. The van der Waals surface area contributed by atoms with Gasteiger partial charge in [-0.3, -0.25) is 0 Å². The van der Waals surface area contributed by atoms with E-state index in [0.29, 0.717) is 6.04 Å². The van der Waals surface area contributed by atoms with Gasteiger partial charge < -0.3 is 5.32 Å². The van der Waals surface area contributed by atoms with Crippen molar-refractivity contribution in [1.82, 2.24) is 5.32 Å². The van der Waals surface area contributed by atoms with Crippen molar-refractivity contribution in [2.75, 3.05) is 7.05 Å². The van der Waals surface area contributed by atoms with Crippen LogP contribution in [-0.2, 0) is 12.8 Å². The van der Waals surface area contributed by atoms with Crippen LogP contribution >= 0.6 is 11.3 Å². The molecule has 0 fully saturated rings. The SMILES string of the molecule is CNC(CCCc1cccs1)Cc1ccccc1F. The largest absolute Gasteiger partial charge is 0.317 e. The minimum atomic E-state index is -0.0963. The highest BCUT2D eigenvalue weighted by molar-refractivity contribution is 7.09. The van der Waals surface area contributed by atoms with Crippen LogP contribution in [0.1, 0.15) is 23.3 Å². The zero-order valence-corrected chi connectivity index (χ0v) is 12.0. The Hall–Kier alpha value is -1.19.